The number of aromatic nitrogens is 5. The van der Waals surface area contributed by atoms with E-state index in [2.05, 4.69) is 25.0 Å². The van der Waals surface area contributed by atoms with E-state index in [1.165, 1.54) is 23.7 Å². The Hall–Kier alpha value is -4.06. The molecule has 0 radical (unpaired) electrons. The Morgan fingerprint density at radius 2 is 1.69 bits per heavy atom. The summed E-state index contributed by atoms with van der Waals surface area (Å²) in [5, 5.41) is 3.50. The fourth-order valence-electron chi connectivity index (χ4n) is 3.81. The summed E-state index contributed by atoms with van der Waals surface area (Å²) in [6.45, 7) is 5.37. The van der Waals surface area contributed by atoms with Crippen LogP contribution in [0.4, 0.5) is 17.2 Å². The summed E-state index contributed by atoms with van der Waals surface area (Å²) in [6.07, 6.45) is 2.21. The summed E-state index contributed by atoms with van der Waals surface area (Å²) in [7, 11) is -0.904. The number of hydrogen-bond acceptors (Lipinski definition) is 8. The van der Waals surface area contributed by atoms with Crippen LogP contribution in [0.5, 0.6) is 0 Å². The topological polar surface area (TPSA) is 141 Å². The summed E-state index contributed by atoms with van der Waals surface area (Å²) in [6, 6.07) is 7.66. The Bertz CT molecular complexity index is 1650. The molecule has 0 aliphatic carbocycles. The molecule has 0 bridgehead atoms. The first-order chi connectivity index (χ1) is 16.5. The molecule has 2 N–H and O–H groups in total. The zero-order valence-corrected chi connectivity index (χ0v) is 20.8. The van der Waals surface area contributed by atoms with Gasteiger partial charge in [-0.05, 0) is 50.1 Å². The van der Waals surface area contributed by atoms with E-state index in [4.69, 9.17) is 0 Å². The normalized spacial score (nSPS) is 11.6. The smallest absolute Gasteiger partial charge is 0.332 e. The van der Waals surface area contributed by atoms with Gasteiger partial charge in [0.2, 0.25) is 0 Å². The summed E-state index contributed by atoms with van der Waals surface area (Å²) < 4.78 is 30.5. The molecule has 1 aromatic carbocycles. The first-order valence-electron chi connectivity index (χ1n) is 10.8. The number of sulfonamides is 1. The maximum absolute atomic E-state index is 13.0. The van der Waals surface area contributed by atoms with E-state index in [1.807, 2.05) is 6.92 Å². The highest BCUT2D eigenvalue weighted by Gasteiger charge is 2.18. The summed E-state index contributed by atoms with van der Waals surface area (Å²) >= 11 is 0. The fourth-order valence-corrected chi connectivity index (χ4v) is 4.80. The molecule has 0 aliphatic heterocycles. The molecule has 0 spiro atoms. The van der Waals surface area contributed by atoms with Crippen LogP contribution in [0, 0.1) is 13.8 Å². The van der Waals surface area contributed by atoms with Crippen LogP contribution in [0.3, 0.4) is 0 Å². The highest BCUT2D eigenvalue weighted by Crippen LogP contribution is 2.27. The zero-order valence-electron chi connectivity index (χ0n) is 19.9. The minimum Gasteiger partial charge on any atom is -0.354 e. The lowest BCUT2D eigenvalue weighted by atomic mass is 10.1. The van der Waals surface area contributed by atoms with E-state index < -0.39 is 21.3 Å². The molecule has 0 unspecified atom stereocenters. The van der Waals surface area contributed by atoms with Gasteiger partial charge in [-0.25, -0.2) is 28.2 Å². The van der Waals surface area contributed by atoms with Gasteiger partial charge >= 0.3 is 5.69 Å². The van der Waals surface area contributed by atoms with Crippen molar-refractivity contribution in [2.75, 3.05) is 10.0 Å². The zero-order chi connectivity index (χ0) is 25.5. The quantitative estimate of drug-likeness (QED) is 0.415. The first-order valence-corrected chi connectivity index (χ1v) is 12.3. The van der Waals surface area contributed by atoms with Crippen LogP contribution in [-0.2, 0) is 30.5 Å². The third-order valence-corrected chi connectivity index (χ3v) is 6.94. The number of anilines is 3. The minimum absolute atomic E-state index is 0.0468. The van der Waals surface area contributed by atoms with Crippen LogP contribution < -0.4 is 21.3 Å². The molecule has 12 heteroatoms. The lowest BCUT2D eigenvalue weighted by Gasteiger charge is -2.16. The Morgan fingerprint density at radius 1 is 1.00 bits per heavy atom. The van der Waals surface area contributed by atoms with Crippen molar-refractivity contribution in [1.29, 1.82) is 0 Å². The Kier molecular flexibility index (Phi) is 6.15. The number of fused-ring (bicyclic) bond motifs is 1. The number of rotatable bonds is 6. The lowest BCUT2D eigenvalue weighted by molar-refractivity contribution is 0.601. The molecular formula is C23H25N7O4S. The predicted molar refractivity (Wildman–Crippen MR) is 134 cm³/mol. The van der Waals surface area contributed by atoms with Gasteiger partial charge in [0.15, 0.2) is 5.65 Å². The van der Waals surface area contributed by atoms with E-state index in [0.717, 1.165) is 10.1 Å². The molecule has 35 heavy (non-hydrogen) atoms. The van der Waals surface area contributed by atoms with Gasteiger partial charge in [0.05, 0.1) is 10.6 Å². The predicted octanol–water partition coefficient (Wildman–Crippen LogP) is 2.15. The van der Waals surface area contributed by atoms with Crippen molar-refractivity contribution in [1.82, 2.24) is 24.1 Å². The van der Waals surface area contributed by atoms with Gasteiger partial charge in [-0.3, -0.25) is 18.7 Å². The van der Waals surface area contributed by atoms with E-state index in [9.17, 15) is 18.0 Å². The molecule has 3 heterocycles. The van der Waals surface area contributed by atoms with E-state index in [0.29, 0.717) is 29.3 Å². The van der Waals surface area contributed by atoms with Crippen molar-refractivity contribution in [3.63, 3.8) is 0 Å². The number of benzene rings is 1. The number of pyridine rings is 1. The highest BCUT2D eigenvalue weighted by atomic mass is 32.2. The van der Waals surface area contributed by atoms with Crippen molar-refractivity contribution < 1.29 is 8.42 Å². The maximum atomic E-state index is 13.0. The molecule has 0 amide bonds. The number of nitrogens with one attached hydrogen (secondary N) is 2. The molecular weight excluding hydrogens is 470 g/mol. The van der Waals surface area contributed by atoms with Gasteiger partial charge in [-0.1, -0.05) is 6.92 Å². The second-order valence-corrected chi connectivity index (χ2v) is 9.80. The molecule has 0 saturated carbocycles. The van der Waals surface area contributed by atoms with Gasteiger partial charge < -0.3 is 5.32 Å². The van der Waals surface area contributed by atoms with Crippen LogP contribution in [-0.4, -0.2) is 32.5 Å². The van der Waals surface area contributed by atoms with Crippen molar-refractivity contribution in [2.24, 2.45) is 14.1 Å². The van der Waals surface area contributed by atoms with Gasteiger partial charge in [0.25, 0.3) is 15.6 Å². The second kappa shape index (κ2) is 8.95. The van der Waals surface area contributed by atoms with Crippen molar-refractivity contribution in [3.05, 3.63) is 74.4 Å². The molecule has 0 aliphatic rings. The van der Waals surface area contributed by atoms with Gasteiger partial charge in [-0.15, -0.1) is 0 Å². The molecule has 0 saturated heterocycles. The second-order valence-electron chi connectivity index (χ2n) is 8.11. The largest absolute Gasteiger partial charge is 0.354 e. The van der Waals surface area contributed by atoms with Crippen molar-refractivity contribution in [3.8, 4) is 0 Å². The molecule has 0 atom stereocenters. The standard InChI is InChI=1S/C23H25N7O4S/c1-6-15-12-24-21-19(22(31)30(5)23(32)29(21)4)20(15)27-16-7-9-17(10-8-16)35(33,34)28-18-11-13(2)25-14(3)26-18/h7-12H,6H2,1-5H3,(H,24,27)(H,25,26,28). The Balaban J connectivity index is 1.71. The van der Waals surface area contributed by atoms with E-state index >= 15 is 0 Å². The van der Waals surface area contributed by atoms with Crippen LogP contribution in [0.1, 0.15) is 24.0 Å². The molecule has 182 valence electrons. The van der Waals surface area contributed by atoms with Crippen molar-refractivity contribution in [2.45, 2.75) is 32.1 Å². The highest BCUT2D eigenvalue weighted by molar-refractivity contribution is 7.92. The number of hydrogen-bond donors (Lipinski definition) is 2. The van der Waals surface area contributed by atoms with Gasteiger partial charge in [-0.2, -0.15) is 0 Å². The van der Waals surface area contributed by atoms with Crippen molar-refractivity contribution >= 4 is 38.2 Å². The summed E-state index contributed by atoms with van der Waals surface area (Å²) in [4.78, 5) is 37.9. The molecule has 4 aromatic rings. The average molecular weight is 496 g/mol. The van der Waals surface area contributed by atoms with Crippen LogP contribution >= 0.6 is 0 Å². The Labute approximate surface area is 201 Å². The summed E-state index contributed by atoms with van der Waals surface area (Å²) in [5.41, 5.74) is 1.84. The van der Waals surface area contributed by atoms with Crippen LogP contribution in [0.15, 0.2) is 51.0 Å². The third kappa shape index (κ3) is 4.52. The maximum Gasteiger partial charge on any atom is 0.332 e. The number of nitrogens with zero attached hydrogens (tertiary/aromatic N) is 5. The summed E-state index contributed by atoms with van der Waals surface area (Å²) in [5.74, 6) is 0.650. The van der Waals surface area contributed by atoms with Gasteiger partial charge in [0, 0.05) is 37.7 Å². The fraction of sp³-hybridized carbons (Fsp3) is 0.261. The van der Waals surface area contributed by atoms with E-state index in [-0.39, 0.29) is 21.7 Å². The third-order valence-electron chi connectivity index (χ3n) is 5.57. The van der Waals surface area contributed by atoms with Crippen LogP contribution in [0.2, 0.25) is 0 Å². The van der Waals surface area contributed by atoms with Gasteiger partial charge in [0.1, 0.15) is 17.0 Å². The number of aryl methyl sites for hydroxylation is 4. The minimum atomic E-state index is -3.88. The van der Waals surface area contributed by atoms with E-state index in [1.54, 1.807) is 45.3 Å². The Morgan fingerprint density at radius 3 is 2.31 bits per heavy atom. The molecule has 0 fully saturated rings. The first kappa shape index (κ1) is 24.1. The lowest BCUT2D eigenvalue weighted by Crippen LogP contribution is -2.37. The molecule has 3 aromatic heterocycles. The average Bonchev–Trinajstić information content (AvgIpc) is 2.80. The SMILES string of the molecule is CCc1cnc2c(c1Nc1ccc(S(=O)(=O)Nc3cc(C)nc(C)n3)cc1)c(=O)n(C)c(=O)n2C. The van der Waals surface area contributed by atoms with Crippen LogP contribution in [0.25, 0.3) is 11.0 Å². The monoisotopic (exact) mass is 495 g/mol. The molecule has 11 nitrogen and oxygen atoms in total. The molecule has 4 rings (SSSR count).